The fourth-order valence-corrected chi connectivity index (χ4v) is 3.89. The van der Waals surface area contributed by atoms with E-state index in [0.717, 1.165) is 0 Å². The Morgan fingerprint density at radius 3 is 1.32 bits per heavy atom. The van der Waals surface area contributed by atoms with Gasteiger partial charge in [0, 0.05) is 11.1 Å². The monoisotopic (exact) mass is 384 g/mol. The van der Waals surface area contributed by atoms with Gasteiger partial charge in [0.15, 0.2) is 0 Å². The van der Waals surface area contributed by atoms with Crippen molar-refractivity contribution in [1.29, 1.82) is 0 Å². The minimum Gasteiger partial charge on any atom is -0.507 e. The molecule has 0 saturated heterocycles. The molecule has 3 N–H and O–H groups in total. The van der Waals surface area contributed by atoms with E-state index in [0.29, 0.717) is 22.3 Å². The lowest BCUT2D eigenvalue weighted by Gasteiger charge is -2.34. The summed E-state index contributed by atoms with van der Waals surface area (Å²) in [5, 5.41) is 32.5. The second-order valence-electron chi connectivity index (χ2n) is 9.47. The fraction of sp³-hybridized carbons (Fsp3) is 0.458. The van der Waals surface area contributed by atoms with Crippen molar-refractivity contribution in [2.45, 2.75) is 71.1 Å². The molecule has 0 spiro atoms. The van der Waals surface area contributed by atoms with Crippen LogP contribution < -0.4 is 0 Å². The van der Waals surface area contributed by atoms with E-state index in [1.165, 1.54) is 0 Å². The van der Waals surface area contributed by atoms with E-state index >= 15 is 0 Å². The lowest BCUT2D eigenvalue weighted by Crippen LogP contribution is -2.37. The molecule has 0 amide bonds. The Bertz CT molecular complexity index is 819. The number of phenols is 2. The molecule has 0 saturated carbocycles. The molecule has 0 aliphatic rings. The number of carbonyl (C=O) groups is 1. The van der Waals surface area contributed by atoms with Crippen molar-refractivity contribution < 1.29 is 20.1 Å². The Balaban J connectivity index is 2.93. The van der Waals surface area contributed by atoms with Crippen LogP contribution in [0, 0.1) is 0 Å². The topological polar surface area (TPSA) is 77.8 Å². The Labute approximate surface area is 167 Å². The third-order valence-corrected chi connectivity index (χ3v) is 5.50. The lowest BCUT2D eigenvalue weighted by molar-refractivity contribution is -0.142. The fourth-order valence-electron chi connectivity index (χ4n) is 3.89. The van der Waals surface area contributed by atoms with Gasteiger partial charge < -0.3 is 15.3 Å². The van der Waals surface area contributed by atoms with Crippen molar-refractivity contribution >= 4 is 5.97 Å². The van der Waals surface area contributed by atoms with Gasteiger partial charge in [-0.05, 0) is 28.4 Å². The van der Waals surface area contributed by atoms with Crippen LogP contribution in [0.25, 0.3) is 0 Å². The van der Waals surface area contributed by atoms with E-state index in [2.05, 4.69) is 0 Å². The maximum atomic E-state index is 12.7. The average Bonchev–Trinajstić information content (AvgIpc) is 2.56. The summed E-state index contributed by atoms with van der Waals surface area (Å²) < 4.78 is 0. The molecule has 2 aromatic rings. The number of carboxylic acids is 1. The minimum atomic E-state index is -1.56. The first kappa shape index (κ1) is 21.8. The van der Waals surface area contributed by atoms with Crippen LogP contribution in [0.5, 0.6) is 11.5 Å². The molecule has 0 atom stereocenters. The summed E-state index contributed by atoms with van der Waals surface area (Å²) in [7, 11) is 0. The first-order chi connectivity index (χ1) is 12.8. The molecule has 0 aliphatic carbocycles. The molecule has 0 fully saturated rings. The molecule has 0 bridgehead atoms. The molecule has 0 aromatic heterocycles. The van der Waals surface area contributed by atoms with Crippen LogP contribution in [0.2, 0.25) is 0 Å². The smallest absolute Gasteiger partial charge is 0.318 e. The number of benzene rings is 2. The van der Waals surface area contributed by atoms with Crippen LogP contribution >= 0.6 is 0 Å². The number of aromatic hydroxyl groups is 2. The number of hydrogen-bond acceptors (Lipinski definition) is 3. The van der Waals surface area contributed by atoms with Gasteiger partial charge in [0.2, 0.25) is 0 Å². The van der Waals surface area contributed by atoms with E-state index in [1.807, 2.05) is 53.7 Å². The maximum absolute atomic E-state index is 12.7. The second-order valence-corrected chi connectivity index (χ2v) is 9.47. The highest BCUT2D eigenvalue weighted by Crippen LogP contribution is 2.48. The summed E-state index contributed by atoms with van der Waals surface area (Å²) in [6, 6.07) is 10.5. The number of aliphatic carboxylic acids is 1. The van der Waals surface area contributed by atoms with Gasteiger partial charge in [0.1, 0.15) is 16.9 Å². The minimum absolute atomic E-state index is 0.0280. The van der Waals surface area contributed by atoms with Crippen LogP contribution in [-0.4, -0.2) is 21.3 Å². The van der Waals surface area contributed by atoms with Crippen molar-refractivity contribution in [1.82, 2.24) is 0 Å². The summed E-state index contributed by atoms with van der Waals surface area (Å²) in [5.74, 6) is -1.16. The number of hydrogen-bond donors (Lipinski definition) is 3. The van der Waals surface area contributed by atoms with Gasteiger partial charge in [-0.25, -0.2) is 0 Å². The van der Waals surface area contributed by atoms with Gasteiger partial charge in [0.25, 0.3) is 0 Å². The highest BCUT2D eigenvalue weighted by atomic mass is 16.4. The Morgan fingerprint density at radius 2 is 1.07 bits per heavy atom. The van der Waals surface area contributed by atoms with Crippen molar-refractivity contribution in [3.8, 4) is 11.5 Å². The molecule has 0 aliphatic heterocycles. The normalized spacial score (nSPS) is 12.8. The second kappa shape index (κ2) is 7.16. The Hall–Kier alpha value is -2.49. The average molecular weight is 385 g/mol. The van der Waals surface area contributed by atoms with E-state index < -0.39 is 11.4 Å². The first-order valence-corrected chi connectivity index (χ1v) is 9.67. The van der Waals surface area contributed by atoms with E-state index in [4.69, 9.17) is 0 Å². The SMILES string of the molecule is CCC(C(=O)O)(c1cccc(C(C)(C)C)c1O)c1cccc(C(C)(C)C)c1O. The highest BCUT2D eigenvalue weighted by Gasteiger charge is 2.46. The molecule has 0 heterocycles. The number of carboxylic acid groups (broad SMARTS) is 1. The van der Waals surface area contributed by atoms with Gasteiger partial charge in [0.05, 0.1) is 0 Å². The molecule has 152 valence electrons. The molecular weight excluding hydrogens is 352 g/mol. The standard InChI is InChI=1S/C24H32O4/c1-8-24(21(27)28,17-13-9-11-15(19(17)25)22(2,3)4)18-14-10-12-16(20(18)26)23(5,6)7/h9-14,25-26H,8H2,1-7H3,(H,27,28). The van der Waals surface area contributed by atoms with Gasteiger partial charge in [-0.1, -0.05) is 84.9 Å². The molecule has 0 unspecified atom stereocenters. The summed E-state index contributed by atoms with van der Waals surface area (Å²) >= 11 is 0. The van der Waals surface area contributed by atoms with Crippen molar-refractivity contribution in [2.24, 2.45) is 0 Å². The predicted octanol–water partition coefficient (Wildman–Crippen LogP) is 5.47. The molecule has 2 aromatic carbocycles. The number of rotatable bonds is 4. The Morgan fingerprint density at radius 1 is 0.750 bits per heavy atom. The zero-order valence-corrected chi connectivity index (χ0v) is 17.9. The third kappa shape index (κ3) is 3.48. The van der Waals surface area contributed by atoms with Crippen LogP contribution in [0.4, 0.5) is 0 Å². The zero-order chi connectivity index (χ0) is 21.5. The van der Waals surface area contributed by atoms with E-state index in [9.17, 15) is 20.1 Å². The van der Waals surface area contributed by atoms with Crippen molar-refractivity contribution in [3.63, 3.8) is 0 Å². The van der Waals surface area contributed by atoms with Gasteiger partial charge >= 0.3 is 5.97 Å². The van der Waals surface area contributed by atoms with Crippen LogP contribution in [0.3, 0.4) is 0 Å². The van der Waals surface area contributed by atoms with Crippen molar-refractivity contribution in [2.75, 3.05) is 0 Å². The summed E-state index contributed by atoms with van der Waals surface area (Å²) in [5.41, 5.74) is -0.309. The van der Waals surface area contributed by atoms with Gasteiger partial charge in [-0.2, -0.15) is 0 Å². The lowest BCUT2D eigenvalue weighted by atomic mass is 9.69. The number of phenolic OH excluding ortho intramolecular Hbond substituents is 2. The summed E-state index contributed by atoms with van der Waals surface area (Å²) in [4.78, 5) is 12.7. The molecular formula is C24H32O4. The summed E-state index contributed by atoms with van der Waals surface area (Å²) in [6.07, 6.45) is 0.185. The van der Waals surface area contributed by atoms with Gasteiger partial charge in [-0.15, -0.1) is 0 Å². The van der Waals surface area contributed by atoms with E-state index in [-0.39, 0.29) is 28.7 Å². The molecule has 2 rings (SSSR count). The van der Waals surface area contributed by atoms with Crippen molar-refractivity contribution in [3.05, 3.63) is 58.7 Å². The Kier molecular flexibility index (Phi) is 5.57. The maximum Gasteiger partial charge on any atom is 0.318 e. The first-order valence-electron chi connectivity index (χ1n) is 9.67. The number of para-hydroxylation sites is 2. The largest absolute Gasteiger partial charge is 0.507 e. The quantitative estimate of drug-likeness (QED) is 0.653. The van der Waals surface area contributed by atoms with Gasteiger partial charge in [-0.3, -0.25) is 4.79 Å². The summed E-state index contributed by atoms with van der Waals surface area (Å²) in [6.45, 7) is 13.6. The van der Waals surface area contributed by atoms with Crippen LogP contribution in [0.15, 0.2) is 36.4 Å². The molecule has 0 radical (unpaired) electrons. The third-order valence-electron chi connectivity index (χ3n) is 5.50. The molecule has 4 heteroatoms. The molecule has 4 nitrogen and oxygen atoms in total. The van der Waals surface area contributed by atoms with Crippen LogP contribution in [0.1, 0.15) is 77.1 Å². The van der Waals surface area contributed by atoms with E-state index in [1.54, 1.807) is 31.2 Å². The molecule has 28 heavy (non-hydrogen) atoms. The van der Waals surface area contributed by atoms with Crippen LogP contribution in [-0.2, 0) is 21.0 Å². The predicted molar refractivity (Wildman–Crippen MR) is 112 cm³/mol. The highest BCUT2D eigenvalue weighted by molar-refractivity contribution is 5.88. The zero-order valence-electron chi connectivity index (χ0n) is 17.9.